The summed E-state index contributed by atoms with van der Waals surface area (Å²) in [6, 6.07) is 10.4. The highest BCUT2D eigenvalue weighted by Crippen LogP contribution is 2.37. The highest BCUT2D eigenvalue weighted by atomic mass is 19.1. The van der Waals surface area contributed by atoms with Crippen molar-refractivity contribution < 1.29 is 23.5 Å². The summed E-state index contributed by atoms with van der Waals surface area (Å²) in [5.74, 6) is -0.890. The van der Waals surface area contributed by atoms with E-state index in [1.54, 1.807) is 18.2 Å². The van der Waals surface area contributed by atoms with Crippen LogP contribution in [0.2, 0.25) is 0 Å². The van der Waals surface area contributed by atoms with E-state index in [1.807, 2.05) is 0 Å². The van der Waals surface area contributed by atoms with Gasteiger partial charge in [-0.05, 0) is 36.4 Å². The number of amides is 1. The Balaban J connectivity index is 2.14. The van der Waals surface area contributed by atoms with E-state index in [0.717, 1.165) is 0 Å². The summed E-state index contributed by atoms with van der Waals surface area (Å²) in [5.41, 5.74) is 2.34. The van der Waals surface area contributed by atoms with E-state index in [-0.39, 0.29) is 11.7 Å². The molecule has 2 aromatic carbocycles. The number of hydrogen-bond donors (Lipinski definition) is 1. The smallest absolute Gasteiger partial charge is 0.337 e. The fraction of sp³-hybridized carbons (Fsp3) is 0.111. The van der Waals surface area contributed by atoms with E-state index < -0.39 is 5.97 Å². The molecule has 0 unspecified atom stereocenters. The number of rotatable bonds is 3. The van der Waals surface area contributed by atoms with Crippen molar-refractivity contribution in [3.63, 3.8) is 0 Å². The van der Waals surface area contributed by atoms with Crippen LogP contribution in [0.4, 0.5) is 10.1 Å². The lowest BCUT2D eigenvalue weighted by molar-refractivity contribution is -0.110. The van der Waals surface area contributed by atoms with Gasteiger partial charge in [-0.3, -0.25) is 4.79 Å². The van der Waals surface area contributed by atoms with E-state index >= 15 is 0 Å². The number of methoxy groups -OCH3 is 2. The maximum absolute atomic E-state index is 13.1. The second kappa shape index (κ2) is 6.16. The van der Waals surface area contributed by atoms with Crippen molar-refractivity contribution in [2.24, 2.45) is 0 Å². The average Bonchev–Trinajstić information content (AvgIpc) is 2.92. The molecule has 0 aromatic heterocycles. The Morgan fingerprint density at radius 2 is 1.67 bits per heavy atom. The first-order chi connectivity index (χ1) is 11.5. The maximum Gasteiger partial charge on any atom is 0.337 e. The molecule has 0 spiro atoms. The van der Waals surface area contributed by atoms with Crippen molar-refractivity contribution in [2.45, 2.75) is 0 Å². The Morgan fingerprint density at radius 1 is 1.00 bits per heavy atom. The molecule has 24 heavy (non-hydrogen) atoms. The number of nitrogens with one attached hydrogen (secondary N) is 1. The van der Waals surface area contributed by atoms with Crippen LogP contribution in [-0.4, -0.2) is 26.1 Å². The zero-order valence-corrected chi connectivity index (χ0v) is 13.1. The Morgan fingerprint density at radius 3 is 2.29 bits per heavy atom. The number of anilines is 1. The van der Waals surface area contributed by atoms with Gasteiger partial charge in [0.25, 0.3) is 5.91 Å². The minimum absolute atomic E-state index is 0.329. The average molecular weight is 327 g/mol. The molecule has 0 radical (unpaired) electrons. The largest absolute Gasteiger partial charge is 0.495 e. The van der Waals surface area contributed by atoms with E-state index in [0.29, 0.717) is 33.7 Å². The summed E-state index contributed by atoms with van der Waals surface area (Å²) in [5, 5.41) is 2.70. The lowest BCUT2D eigenvalue weighted by atomic mass is 10.0. The van der Waals surface area contributed by atoms with Crippen molar-refractivity contribution in [1.29, 1.82) is 0 Å². The zero-order chi connectivity index (χ0) is 17.3. The van der Waals surface area contributed by atoms with E-state index in [9.17, 15) is 14.0 Å². The standard InChI is InChI=1S/C18H14FNO4/c1-23-16(10-3-6-12(19)7-4-10)15-13-8-5-11(18(22)24-2)9-14(13)20-17(15)21/h3-9H,1-2H3,(H,20,21). The number of esters is 1. The topological polar surface area (TPSA) is 64.6 Å². The van der Waals surface area contributed by atoms with Crippen molar-refractivity contribution in [1.82, 2.24) is 0 Å². The third-order valence-corrected chi connectivity index (χ3v) is 3.72. The molecule has 122 valence electrons. The number of carbonyl (C=O) groups excluding carboxylic acids is 2. The fourth-order valence-corrected chi connectivity index (χ4v) is 2.61. The van der Waals surface area contributed by atoms with Gasteiger partial charge in [-0.2, -0.15) is 0 Å². The van der Waals surface area contributed by atoms with Crippen molar-refractivity contribution >= 4 is 28.9 Å². The normalized spacial score (nSPS) is 14.7. The van der Waals surface area contributed by atoms with E-state index in [1.165, 1.54) is 38.5 Å². The first-order valence-electron chi connectivity index (χ1n) is 7.13. The van der Waals surface area contributed by atoms with Gasteiger partial charge in [0.1, 0.15) is 11.6 Å². The monoisotopic (exact) mass is 327 g/mol. The van der Waals surface area contributed by atoms with Crippen molar-refractivity contribution in [3.8, 4) is 0 Å². The molecule has 1 heterocycles. The summed E-state index contributed by atoms with van der Waals surface area (Å²) >= 11 is 0. The molecule has 2 aromatic rings. The highest BCUT2D eigenvalue weighted by molar-refractivity contribution is 6.36. The predicted molar refractivity (Wildman–Crippen MR) is 86.6 cm³/mol. The first kappa shape index (κ1) is 15.7. The van der Waals surface area contributed by atoms with Crippen LogP contribution >= 0.6 is 0 Å². The summed E-state index contributed by atoms with van der Waals surface area (Å²) in [6.07, 6.45) is 0. The Hall–Kier alpha value is -3.15. The summed E-state index contributed by atoms with van der Waals surface area (Å²) in [4.78, 5) is 24.0. The molecule has 1 N–H and O–H groups in total. The van der Waals surface area contributed by atoms with Gasteiger partial charge >= 0.3 is 5.97 Å². The predicted octanol–water partition coefficient (Wildman–Crippen LogP) is 3.08. The molecule has 6 heteroatoms. The number of carbonyl (C=O) groups is 2. The highest BCUT2D eigenvalue weighted by Gasteiger charge is 2.29. The van der Waals surface area contributed by atoms with Gasteiger partial charge in [0.2, 0.25) is 0 Å². The number of benzene rings is 2. The molecular weight excluding hydrogens is 313 g/mol. The van der Waals surface area contributed by atoms with Crippen LogP contribution in [0, 0.1) is 5.82 Å². The van der Waals surface area contributed by atoms with Crippen LogP contribution in [0.5, 0.6) is 0 Å². The molecule has 1 aliphatic heterocycles. The van der Waals surface area contributed by atoms with E-state index in [2.05, 4.69) is 10.1 Å². The van der Waals surface area contributed by atoms with Gasteiger partial charge < -0.3 is 14.8 Å². The second-order valence-corrected chi connectivity index (χ2v) is 5.12. The minimum Gasteiger partial charge on any atom is -0.495 e. The number of fused-ring (bicyclic) bond motifs is 1. The molecule has 0 atom stereocenters. The lowest BCUT2D eigenvalue weighted by Crippen LogP contribution is -2.07. The molecule has 0 aliphatic carbocycles. The van der Waals surface area contributed by atoms with Gasteiger partial charge in [-0.15, -0.1) is 0 Å². The van der Waals surface area contributed by atoms with Crippen molar-refractivity contribution in [2.75, 3.05) is 19.5 Å². The molecular formula is C18H14FNO4. The molecule has 3 rings (SSSR count). The Labute approximate surface area is 137 Å². The van der Waals surface area contributed by atoms with Crippen LogP contribution in [0.3, 0.4) is 0 Å². The van der Waals surface area contributed by atoms with Gasteiger partial charge in [-0.1, -0.05) is 6.07 Å². The van der Waals surface area contributed by atoms with Gasteiger partial charge in [0.15, 0.2) is 0 Å². The summed E-state index contributed by atoms with van der Waals surface area (Å²) in [6.45, 7) is 0. The van der Waals surface area contributed by atoms with Crippen LogP contribution in [0.25, 0.3) is 11.3 Å². The van der Waals surface area contributed by atoms with Gasteiger partial charge in [-0.25, -0.2) is 9.18 Å². The Kier molecular flexibility index (Phi) is 4.04. The van der Waals surface area contributed by atoms with Crippen LogP contribution in [-0.2, 0) is 14.3 Å². The molecule has 1 amide bonds. The minimum atomic E-state index is -0.491. The van der Waals surface area contributed by atoms with Crippen LogP contribution in [0.1, 0.15) is 21.5 Å². The SMILES string of the molecule is COC(=O)c1ccc2c(c1)NC(=O)C2=C(OC)c1ccc(F)cc1. The zero-order valence-electron chi connectivity index (χ0n) is 13.1. The third-order valence-electron chi connectivity index (χ3n) is 3.72. The molecule has 5 nitrogen and oxygen atoms in total. The quantitative estimate of drug-likeness (QED) is 0.534. The number of hydrogen-bond acceptors (Lipinski definition) is 4. The second-order valence-electron chi connectivity index (χ2n) is 5.12. The maximum atomic E-state index is 13.1. The summed E-state index contributed by atoms with van der Waals surface area (Å²) < 4.78 is 23.2. The Bertz CT molecular complexity index is 856. The molecule has 0 saturated heterocycles. The number of halogens is 1. The lowest BCUT2D eigenvalue weighted by Gasteiger charge is -2.10. The van der Waals surface area contributed by atoms with Crippen LogP contribution < -0.4 is 5.32 Å². The van der Waals surface area contributed by atoms with Gasteiger partial charge in [0, 0.05) is 11.1 Å². The van der Waals surface area contributed by atoms with Crippen LogP contribution in [0.15, 0.2) is 42.5 Å². The first-order valence-corrected chi connectivity index (χ1v) is 7.13. The third kappa shape index (κ3) is 2.62. The molecule has 0 fully saturated rings. The molecule has 0 saturated carbocycles. The number of ether oxygens (including phenoxy) is 2. The molecule has 0 bridgehead atoms. The summed E-state index contributed by atoms with van der Waals surface area (Å²) in [7, 11) is 2.73. The van der Waals surface area contributed by atoms with Gasteiger partial charge in [0.05, 0.1) is 31.0 Å². The fourth-order valence-electron chi connectivity index (χ4n) is 2.61. The molecule has 1 aliphatic rings. The van der Waals surface area contributed by atoms with E-state index in [4.69, 9.17) is 4.74 Å². The van der Waals surface area contributed by atoms with Crippen molar-refractivity contribution in [3.05, 3.63) is 65.0 Å².